The molecule has 94 valence electrons. The van der Waals surface area contributed by atoms with Gasteiger partial charge in [0.15, 0.2) is 0 Å². The number of allylic oxidation sites excluding steroid dienone is 1. The maximum absolute atomic E-state index is 13.3. The van der Waals surface area contributed by atoms with E-state index in [0.717, 1.165) is 23.8 Å². The lowest BCUT2D eigenvalue weighted by atomic mass is 10.1. The predicted molar refractivity (Wildman–Crippen MR) is 63.6 cm³/mol. The quantitative estimate of drug-likeness (QED) is 0.613. The molecule has 17 heavy (non-hydrogen) atoms. The third kappa shape index (κ3) is 4.63. The van der Waals surface area contributed by atoms with Crippen LogP contribution in [0.4, 0.5) is 8.78 Å². The van der Waals surface area contributed by atoms with Gasteiger partial charge in [0, 0.05) is 18.7 Å². The first-order valence-electron chi connectivity index (χ1n) is 5.48. The summed E-state index contributed by atoms with van der Waals surface area (Å²) in [4.78, 5) is 0. The second kappa shape index (κ2) is 6.47. The van der Waals surface area contributed by atoms with Crippen molar-refractivity contribution < 1.29 is 13.9 Å². The van der Waals surface area contributed by atoms with E-state index in [1.807, 2.05) is 19.9 Å². The number of hydrogen-bond donors (Lipinski definition) is 2. The first kappa shape index (κ1) is 13.8. The minimum absolute atomic E-state index is 0.0188. The Morgan fingerprint density at radius 1 is 1.41 bits per heavy atom. The Balaban J connectivity index is 2.55. The molecule has 0 bridgehead atoms. The summed E-state index contributed by atoms with van der Waals surface area (Å²) in [6.45, 7) is 4.70. The van der Waals surface area contributed by atoms with Gasteiger partial charge in [-0.2, -0.15) is 0 Å². The summed E-state index contributed by atoms with van der Waals surface area (Å²) < 4.78 is 26.2. The van der Waals surface area contributed by atoms with E-state index in [1.54, 1.807) is 0 Å². The van der Waals surface area contributed by atoms with E-state index in [9.17, 15) is 13.9 Å². The maximum atomic E-state index is 13.3. The molecule has 0 aliphatic carbocycles. The highest BCUT2D eigenvalue weighted by atomic mass is 19.1. The third-order valence-corrected chi connectivity index (χ3v) is 2.31. The molecule has 1 rings (SSSR count). The second-order valence-corrected chi connectivity index (χ2v) is 4.12. The Labute approximate surface area is 100.0 Å². The van der Waals surface area contributed by atoms with Crippen molar-refractivity contribution in [3.8, 4) is 0 Å². The molecule has 0 fully saturated rings. The van der Waals surface area contributed by atoms with Crippen molar-refractivity contribution in [1.82, 2.24) is 5.32 Å². The zero-order valence-electron chi connectivity index (χ0n) is 10.0. The molecule has 2 N–H and O–H groups in total. The predicted octanol–water partition coefficient (Wildman–Crippen LogP) is 2.55. The standard InChI is InChI=1S/C13H17F2NO/c1-9(2)5-6-16-8-13(17)11-7-10(14)3-4-12(11)15/h3-5,7,13,16-17H,6,8H2,1-2H3. The molecule has 0 saturated heterocycles. The van der Waals surface area contributed by atoms with Gasteiger partial charge in [-0.15, -0.1) is 0 Å². The highest BCUT2D eigenvalue weighted by molar-refractivity contribution is 5.21. The van der Waals surface area contributed by atoms with E-state index in [0.29, 0.717) is 6.54 Å². The first-order chi connectivity index (χ1) is 8.00. The summed E-state index contributed by atoms with van der Waals surface area (Å²) in [5, 5.41) is 12.6. The van der Waals surface area contributed by atoms with Crippen molar-refractivity contribution in [3.63, 3.8) is 0 Å². The van der Waals surface area contributed by atoms with E-state index in [1.165, 1.54) is 0 Å². The fourth-order valence-corrected chi connectivity index (χ4v) is 1.38. The lowest BCUT2D eigenvalue weighted by Gasteiger charge is -2.12. The van der Waals surface area contributed by atoms with E-state index in [4.69, 9.17) is 0 Å². The van der Waals surface area contributed by atoms with Crippen LogP contribution in [0, 0.1) is 11.6 Å². The van der Waals surface area contributed by atoms with Crippen molar-refractivity contribution in [2.45, 2.75) is 20.0 Å². The number of rotatable bonds is 5. The number of benzene rings is 1. The molecule has 0 aliphatic heterocycles. The molecule has 0 spiro atoms. The van der Waals surface area contributed by atoms with Crippen LogP contribution in [0.25, 0.3) is 0 Å². The van der Waals surface area contributed by atoms with E-state index < -0.39 is 17.7 Å². The molecule has 0 radical (unpaired) electrons. The molecule has 1 aromatic carbocycles. The maximum Gasteiger partial charge on any atom is 0.129 e. The molecule has 1 aromatic rings. The van der Waals surface area contributed by atoms with Crippen LogP contribution >= 0.6 is 0 Å². The van der Waals surface area contributed by atoms with Gasteiger partial charge in [-0.1, -0.05) is 11.6 Å². The van der Waals surface area contributed by atoms with Crippen LogP contribution in [0.2, 0.25) is 0 Å². The smallest absolute Gasteiger partial charge is 0.129 e. The molecule has 0 heterocycles. The van der Waals surface area contributed by atoms with Crippen LogP contribution in [0.5, 0.6) is 0 Å². The van der Waals surface area contributed by atoms with Gasteiger partial charge in [0.25, 0.3) is 0 Å². The van der Waals surface area contributed by atoms with Crippen molar-refractivity contribution in [2.75, 3.05) is 13.1 Å². The number of aliphatic hydroxyl groups excluding tert-OH is 1. The van der Waals surface area contributed by atoms with Crippen molar-refractivity contribution in [1.29, 1.82) is 0 Å². The van der Waals surface area contributed by atoms with Gasteiger partial charge in [0.05, 0.1) is 6.10 Å². The summed E-state index contributed by atoms with van der Waals surface area (Å²) in [7, 11) is 0. The van der Waals surface area contributed by atoms with E-state index >= 15 is 0 Å². The van der Waals surface area contributed by atoms with Crippen LogP contribution in [-0.2, 0) is 0 Å². The molecule has 1 unspecified atom stereocenters. The minimum Gasteiger partial charge on any atom is -0.387 e. The van der Waals surface area contributed by atoms with Crippen LogP contribution < -0.4 is 5.32 Å². The number of nitrogens with one attached hydrogen (secondary N) is 1. The summed E-state index contributed by atoms with van der Waals surface area (Å²) in [5.41, 5.74) is 1.14. The zero-order chi connectivity index (χ0) is 12.8. The van der Waals surface area contributed by atoms with Gasteiger partial charge in [0.1, 0.15) is 11.6 Å². The summed E-state index contributed by atoms with van der Waals surface area (Å²) in [6, 6.07) is 3.06. The van der Waals surface area contributed by atoms with Gasteiger partial charge in [-0.3, -0.25) is 0 Å². The molecule has 0 amide bonds. The fraction of sp³-hybridized carbons (Fsp3) is 0.385. The van der Waals surface area contributed by atoms with E-state index in [2.05, 4.69) is 5.32 Å². The van der Waals surface area contributed by atoms with Gasteiger partial charge >= 0.3 is 0 Å². The first-order valence-corrected chi connectivity index (χ1v) is 5.48. The van der Waals surface area contributed by atoms with Gasteiger partial charge in [-0.25, -0.2) is 8.78 Å². The summed E-state index contributed by atoms with van der Waals surface area (Å²) >= 11 is 0. The Hall–Kier alpha value is -1.26. The molecular weight excluding hydrogens is 224 g/mol. The Kier molecular flexibility index (Phi) is 5.25. The third-order valence-electron chi connectivity index (χ3n) is 2.31. The van der Waals surface area contributed by atoms with Gasteiger partial charge in [0.2, 0.25) is 0 Å². The van der Waals surface area contributed by atoms with Crippen LogP contribution in [0.3, 0.4) is 0 Å². The monoisotopic (exact) mass is 241 g/mol. The van der Waals surface area contributed by atoms with Crippen molar-refractivity contribution in [2.24, 2.45) is 0 Å². The van der Waals surface area contributed by atoms with Gasteiger partial charge < -0.3 is 10.4 Å². The fourth-order valence-electron chi connectivity index (χ4n) is 1.38. The largest absolute Gasteiger partial charge is 0.387 e. The average Bonchev–Trinajstić information content (AvgIpc) is 2.27. The van der Waals surface area contributed by atoms with E-state index in [-0.39, 0.29) is 12.1 Å². The Bertz CT molecular complexity index is 400. The zero-order valence-corrected chi connectivity index (χ0v) is 10.0. The van der Waals surface area contributed by atoms with Crippen LogP contribution in [-0.4, -0.2) is 18.2 Å². The summed E-state index contributed by atoms with van der Waals surface area (Å²) in [5.74, 6) is -1.15. The molecule has 0 aliphatic rings. The van der Waals surface area contributed by atoms with Crippen LogP contribution in [0.1, 0.15) is 25.5 Å². The topological polar surface area (TPSA) is 32.3 Å². The number of halogens is 2. The highest BCUT2D eigenvalue weighted by Crippen LogP contribution is 2.17. The Morgan fingerprint density at radius 3 is 2.76 bits per heavy atom. The highest BCUT2D eigenvalue weighted by Gasteiger charge is 2.12. The van der Waals surface area contributed by atoms with Gasteiger partial charge in [-0.05, 0) is 32.0 Å². The van der Waals surface area contributed by atoms with Crippen molar-refractivity contribution >= 4 is 0 Å². The normalized spacial score (nSPS) is 12.3. The molecule has 1 atom stereocenters. The second-order valence-electron chi connectivity index (χ2n) is 4.12. The SMILES string of the molecule is CC(C)=CCNCC(O)c1cc(F)ccc1F. The molecule has 0 saturated carbocycles. The molecule has 2 nitrogen and oxygen atoms in total. The molecule has 0 aromatic heterocycles. The van der Waals surface area contributed by atoms with Crippen LogP contribution in [0.15, 0.2) is 29.8 Å². The minimum atomic E-state index is -1.05. The lowest BCUT2D eigenvalue weighted by molar-refractivity contribution is 0.171. The summed E-state index contributed by atoms with van der Waals surface area (Å²) in [6.07, 6.45) is 0.908. The molecule has 4 heteroatoms. The number of aliphatic hydroxyl groups is 1. The molecular formula is C13H17F2NO. The van der Waals surface area contributed by atoms with Crippen molar-refractivity contribution in [3.05, 3.63) is 47.0 Å². The Morgan fingerprint density at radius 2 is 2.12 bits per heavy atom. The lowest BCUT2D eigenvalue weighted by Crippen LogP contribution is -2.22. The number of hydrogen-bond acceptors (Lipinski definition) is 2. The average molecular weight is 241 g/mol.